The molecular weight excluding hydrogens is 306 g/mol. The van der Waals surface area contributed by atoms with E-state index in [1.165, 1.54) is 0 Å². The first kappa shape index (κ1) is 17.5. The van der Waals surface area contributed by atoms with Crippen LogP contribution >= 0.6 is 0 Å². The first-order chi connectivity index (χ1) is 11.3. The van der Waals surface area contributed by atoms with Gasteiger partial charge in [0.1, 0.15) is 5.60 Å². The second-order valence-corrected chi connectivity index (χ2v) is 8.56. The third-order valence-electron chi connectivity index (χ3n) is 5.61. The highest BCUT2D eigenvalue weighted by Gasteiger charge is 2.46. The summed E-state index contributed by atoms with van der Waals surface area (Å²) in [5.41, 5.74) is -0.594. The van der Waals surface area contributed by atoms with Crippen molar-refractivity contribution in [3.8, 4) is 0 Å². The number of nitrogens with zero attached hydrogens (tertiary/aromatic N) is 2. The maximum absolute atomic E-state index is 12.2. The molecule has 3 rings (SSSR count). The zero-order valence-corrected chi connectivity index (χ0v) is 15.3. The maximum Gasteiger partial charge on any atom is 0.410 e. The van der Waals surface area contributed by atoms with Crippen molar-refractivity contribution in [1.82, 2.24) is 15.1 Å². The van der Waals surface area contributed by atoms with Gasteiger partial charge in [-0.15, -0.1) is 0 Å². The van der Waals surface area contributed by atoms with Gasteiger partial charge in [-0.25, -0.2) is 4.79 Å². The molecule has 3 heterocycles. The number of hydrogen-bond donors (Lipinski definition) is 1. The van der Waals surface area contributed by atoms with Crippen LogP contribution in [-0.2, 0) is 9.53 Å². The molecule has 3 aliphatic rings. The van der Waals surface area contributed by atoms with Gasteiger partial charge in [0.2, 0.25) is 5.91 Å². The number of amides is 2. The van der Waals surface area contributed by atoms with Gasteiger partial charge < -0.3 is 15.0 Å². The highest BCUT2D eigenvalue weighted by molar-refractivity contribution is 5.85. The van der Waals surface area contributed by atoms with E-state index in [-0.39, 0.29) is 17.4 Å². The van der Waals surface area contributed by atoms with Gasteiger partial charge in [0.25, 0.3) is 0 Å². The fraction of sp³-hybridized carbons (Fsp3) is 0.889. The number of piperidine rings is 2. The lowest BCUT2D eigenvalue weighted by atomic mass is 9.77. The van der Waals surface area contributed by atoms with Gasteiger partial charge >= 0.3 is 6.09 Å². The molecule has 0 aliphatic carbocycles. The standard InChI is InChI=1S/C18H31N3O3/c1-17(2,3)24-16(23)20-11-5-14(6-12-20)21-10-4-7-18(13-21)8-9-19-15(18)22/h14H,4-13H2,1-3H3,(H,19,22). The second-order valence-electron chi connectivity index (χ2n) is 8.56. The third-order valence-corrected chi connectivity index (χ3v) is 5.61. The van der Waals surface area contributed by atoms with Crippen molar-refractivity contribution in [3.63, 3.8) is 0 Å². The summed E-state index contributed by atoms with van der Waals surface area (Å²) in [7, 11) is 0. The van der Waals surface area contributed by atoms with Crippen molar-refractivity contribution in [2.45, 2.75) is 64.5 Å². The minimum atomic E-state index is -0.441. The van der Waals surface area contributed by atoms with Crippen LogP contribution in [0.1, 0.15) is 52.9 Å². The average molecular weight is 337 g/mol. The van der Waals surface area contributed by atoms with Crippen LogP contribution in [0.5, 0.6) is 0 Å². The third kappa shape index (κ3) is 3.68. The quantitative estimate of drug-likeness (QED) is 0.795. The summed E-state index contributed by atoms with van der Waals surface area (Å²) >= 11 is 0. The predicted octanol–water partition coefficient (Wildman–Crippen LogP) is 1.99. The largest absolute Gasteiger partial charge is 0.444 e. The summed E-state index contributed by atoms with van der Waals surface area (Å²) < 4.78 is 5.47. The topological polar surface area (TPSA) is 61.9 Å². The van der Waals surface area contributed by atoms with Crippen LogP contribution < -0.4 is 5.32 Å². The van der Waals surface area contributed by atoms with E-state index >= 15 is 0 Å². The van der Waals surface area contributed by atoms with Crippen LogP contribution in [0.2, 0.25) is 0 Å². The van der Waals surface area contributed by atoms with Gasteiger partial charge in [-0.3, -0.25) is 9.69 Å². The van der Waals surface area contributed by atoms with E-state index in [2.05, 4.69) is 10.2 Å². The van der Waals surface area contributed by atoms with Crippen LogP contribution in [0, 0.1) is 5.41 Å². The summed E-state index contributed by atoms with van der Waals surface area (Å²) in [6.45, 7) is 9.98. The van der Waals surface area contributed by atoms with Gasteiger partial charge in [0, 0.05) is 32.2 Å². The molecule has 0 saturated carbocycles. The monoisotopic (exact) mass is 337 g/mol. The maximum atomic E-state index is 12.2. The van der Waals surface area contributed by atoms with Crippen molar-refractivity contribution in [2.24, 2.45) is 5.41 Å². The molecule has 3 aliphatic heterocycles. The molecule has 136 valence electrons. The number of hydrogen-bond acceptors (Lipinski definition) is 4. The molecule has 6 nitrogen and oxygen atoms in total. The molecule has 1 unspecified atom stereocenters. The zero-order chi connectivity index (χ0) is 17.4. The van der Waals surface area contributed by atoms with Crippen LogP contribution in [-0.4, -0.2) is 66.2 Å². The summed E-state index contributed by atoms with van der Waals surface area (Å²) in [4.78, 5) is 28.8. The first-order valence-corrected chi connectivity index (χ1v) is 9.29. The summed E-state index contributed by atoms with van der Waals surface area (Å²) in [5.74, 6) is 0.249. The zero-order valence-electron chi connectivity index (χ0n) is 15.3. The van der Waals surface area contributed by atoms with E-state index in [0.29, 0.717) is 6.04 Å². The predicted molar refractivity (Wildman–Crippen MR) is 91.7 cm³/mol. The number of likely N-dealkylation sites (tertiary alicyclic amines) is 2. The van der Waals surface area contributed by atoms with Crippen molar-refractivity contribution in [3.05, 3.63) is 0 Å². The Labute approximate surface area is 144 Å². The van der Waals surface area contributed by atoms with Crippen LogP contribution in [0.4, 0.5) is 4.79 Å². The van der Waals surface area contributed by atoms with Crippen LogP contribution in [0.3, 0.4) is 0 Å². The Morgan fingerprint density at radius 1 is 1.21 bits per heavy atom. The lowest BCUT2D eigenvalue weighted by molar-refractivity contribution is -0.131. The lowest BCUT2D eigenvalue weighted by Gasteiger charge is -2.45. The molecule has 0 aromatic carbocycles. The lowest BCUT2D eigenvalue weighted by Crippen LogP contribution is -2.54. The van der Waals surface area contributed by atoms with E-state index in [1.54, 1.807) is 0 Å². The molecule has 2 amide bonds. The molecule has 1 spiro atoms. The molecule has 0 aromatic rings. The summed E-state index contributed by atoms with van der Waals surface area (Å²) in [5, 5.41) is 3.01. The highest BCUT2D eigenvalue weighted by atomic mass is 16.6. The normalized spacial score (nSPS) is 29.8. The average Bonchev–Trinajstić information content (AvgIpc) is 2.86. The van der Waals surface area contributed by atoms with Crippen molar-refractivity contribution in [2.75, 3.05) is 32.7 Å². The Morgan fingerprint density at radius 2 is 1.92 bits per heavy atom. The molecule has 0 radical (unpaired) electrons. The van der Waals surface area contributed by atoms with E-state index in [9.17, 15) is 9.59 Å². The van der Waals surface area contributed by atoms with Gasteiger partial charge in [-0.2, -0.15) is 0 Å². The van der Waals surface area contributed by atoms with Crippen molar-refractivity contribution >= 4 is 12.0 Å². The van der Waals surface area contributed by atoms with Crippen molar-refractivity contribution in [1.29, 1.82) is 0 Å². The number of ether oxygens (including phenoxy) is 1. The number of rotatable bonds is 1. The number of carbonyl (C=O) groups is 2. The van der Waals surface area contributed by atoms with Gasteiger partial charge in [0.15, 0.2) is 0 Å². The number of carbonyl (C=O) groups excluding carboxylic acids is 2. The fourth-order valence-corrected chi connectivity index (χ4v) is 4.32. The van der Waals surface area contributed by atoms with Gasteiger partial charge in [-0.1, -0.05) is 0 Å². The van der Waals surface area contributed by atoms with E-state index in [4.69, 9.17) is 4.74 Å². The molecule has 3 fully saturated rings. The molecule has 24 heavy (non-hydrogen) atoms. The summed E-state index contributed by atoms with van der Waals surface area (Å²) in [6, 6.07) is 0.481. The Hall–Kier alpha value is -1.30. The minimum Gasteiger partial charge on any atom is -0.444 e. The van der Waals surface area contributed by atoms with Gasteiger partial charge in [-0.05, 0) is 59.4 Å². The SMILES string of the molecule is CC(C)(C)OC(=O)N1CCC(N2CCCC3(CCNC3=O)C2)CC1. The second kappa shape index (κ2) is 6.54. The molecule has 6 heteroatoms. The van der Waals surface area contributed by atoms with E-state index < -0.39 is 5.60 Å². The molecule has 0 bridgehead atoms. The molecular formula is C18H31N3O3. The van der Waals surface area contributed by atoms with Crippen LogP contribution in [0.25, 0.3) is 0 Å². The van der Waals surface area contributed by atoms with Gasteiger partial charge in [0.05, 0.1) is 5.41 Å². The molecule has 3 saturated heterocycles. The molecule has 1 atom stereocenters. The van der Waals surface area contributed by atoms with E-state index in [1.807, 2.05) is 25.7 Å². The first-order valence-electron chi connectivity index (χ1n) is 9.29. The minimum absolute atomic E-state index is 0.152. The Balaban J connectivity index is 1.53. The summed E-state index contributed by atoms with van der Waals surface area (Å²) in [6.07, 6.45) is 4.82. The fourth-order valence-electron chi connectivity index (χ4n) is 4.32. The molecule has 0 aromatic heterocycles. The number of nitrogens with one attached hydrogen (secondary N) is 1. The van der Waals surface area contributed by atoms with Crippen LogP contribution in [0.15, 0.2) is 0 Å². The highest BCUT2D eigenvalue weighted by Crippen LogP contribution is 2.38. The van der Waals surface area contributed by atoms with E-state index in [0.717, 1.165) is 64.8 Å². The Bertz CT molecular complexity index is 494. The molecule has 1 N–H and O–H groups in total. The smallest absolute Gasteiger partial charge is 0.410 e. The Morgan fingerprint density at radius 3 is 2.50 bits per heavy atom. The van der Waals surface area contributed by atoms with Crippen molar-refractivity contribution < 1.29 is 14.3 Å². The Kier molecular flexibility index (Phi) is 4.78.